The van der Waals surface area contributed by atoms with Gasteiger partial charge in [0.05, 0.1) is 12.6 Å². The molecule has 0 aliphatic carbocycles. The molecule has 0 radical (unpaired) electrons. The van der Waals surface area contributed by atoms with Crippen molar-refractivity contribution in [2.75, 3.05) is 20.7 Å². The van der Waals surface area contributed by atoms with Gasteiger partial charge < -0.3 is 40.9 Å². The maximum absolute atomic E-state index is 14.1. The average molecular weight is 909 g/mol. The molecule has 6 N–H and O–H groups in total. The van der Waals surface area contributed by atoms with Crippen LogP contribution in [0.1, 0.15) is 155 Å². The van der Waals surface area contributed by atoms with Gasteiger partial charge in [0.25, 0.3) is 0 Å². The third-order valence-corrected chi connectivity index (χ3v) is 12.3. The van der Waals surface area contributed by atoms with E-state index in [1.54, 1.807) is 0 Å². The zero-order valence-corrected chi connectivity index (χ0v) is 38.7. The number of rotatable bonds is 24. The van der Waals surface area contributed by atoms with E-state index in [0.29, 0.717) is 12.0 Å². The van der Waals surface area contributed by atoms with Crippen LogP contribution in [0.4, 0.5) is 0 Å². The predicted octanol–water partition coefficient (Wildman–Crippen LogP) is 7.02. The number of nitrogens with one attached hydrogen (secondary N) is 2. The maximum Gasteiger partial charge on any atom is 0.326 e. The number of aliphatic hydroxyl groups is 1. The predicted molar refractivity (Wildman–Crippen MR) is 250 cm³/mol. The summed E-state index contributed by atoms with van der Waals surface area (Å²) in [6.45, 7) is 5.96. The van der Waals surface area contributed by atoms with E-state index in [-0.39, 0.29) is 60.8 Å². The summed E-state index contributed by atoms with van der Waals surface area (Å²) in [6, 6.07) is 3.46. The molecule has 2 aromatic carbocycles. The summed E-state index contributed by atoms with van der Waals surface area (Å²) in [7, 11) is 2.81. The lowest BCUT2D eigenvalue weighted by atomic mass is 9.89. The van der Waals surface area contributed by atoms with Crippen LogP contribution in [0.15, 0.2) is 36.4 Å². The summed E-state index contributed by atoms with van der Waals surface area (Å²) in [5.41, 5.74) is 0.916. The Morgan fingerprint density at radius 2 is 1.34 bits per heavy atom. The number of carboxylic acids is 1. The number of phenols is 2. The van der Waals surface area contributed by atoms with E-state index in [1.807, 2.05) is 0 Å². The first-order chi connectivity index (χ1) is 30.4. The van der Waals surface area contributed by atoms with Gasteiger partial charge in [-0.05, 0) is 48.7 Å². The average Bonchev–Trinajstić information content (AvgIpc) is 3.25. The topological polar surface area (TPSA) is 231 Å². The summed E-state index contributed by atoms with van der Waals surface area (Å²) in [5.74, 6) is -7.27. The molecular formula is C50H76N4O11. The van der Waals surface area contributed by atoms with Crippen molar-refractivity contribution in [3.8, 4) is 22.6 Å². The van der Waals surface area contributed by atoms with Crippen molar-refractivity contribution >= 4 is 41.2 Å². The lowest BCUT2D eigenvalue weighted by molar-refractivity contribution is -0.144. The number of hydrogen-bond acceptors (Lipinski definition) is 10. The van der Waals surface area contributed by atoms with Crippen LogP contribution in [0, 0.1) is 11.8 Å². The fourth-order valence-electron chi connectivity index (χ4n) is 8.20. The molecule has 0 unspecified atom stereocenters. The van der Waals surface area contributed by atoms with E-state index in [9.17, 15) is 54.0 Å². The second-order valence-corrected chi connectivity index (χ2v) is 17.7. The molecular weight excluding hydrogens is 833 g/mol. The molecule has 1 aliphatic heterocycles. The van der Waals surface area contributed by atoms with Gasteiger partial charge in [-0.3, -0.25) is 28.8 Å². The van der Waals surface area contributed by atoms with Gasteiger partial charge in [-0.25, -0.2) is 4.79 Å². The van der Waals surface area contributed by atoms with Crippen molar-refractivity contribution in [2.24, 2.45) is 11.8 Å². The van der Waals surface area contributed by atoms with Crippen molar-refractivity contribution in [1.29, 1.82) is 0 Å². The third-order valence-electron chi connectivity index (χ3n) is 12.3. The van der Waals surface area contributed by atoms with Gasteiger partial charge >= 0.3 is 5.97 Å². The van der Waals surface area contributed by atoms with E-state index in [0.717, 1.165) is 24.2 Å². The highest BCUT2D eigenvalue weighted by molar-refractivity contribution is 5.97. The summed E-state index contributed by atoms with van der Waals surface area (Å²) in [6.07, 6.45) is 14.5. The molecule has 15 nitrogen and oxygen atoms in total. The van der Waals surface area contributed by atoms with Gasteiger partial charge in [-0.2, -0.15) is 0 Å². The maximum atomic E-state index is 14.1. The zero-order valence-electron chi connectivity index (χ0n) is 38.7. The van der Waals surface area contributed by atoms with Crippen molar-refractivity contribution in [3.05, 3.63) is 47.5 Å². The van der Waals surface area contributed by atoms with Crippen LogP contribution < -0.4 is 10.6 Å². The normalized spacial score (nSPS) is 17.6. The summed E-state index contributed by atoms with van der Waals surface area (Å²) < 4.78 is 0. The number of carbonyl (C=O) groups excluding carboxylic acids is 6. The number of fused-ring (bicyclic) bond motifs is 5. The number of nitrogens with zero attached hydrogens (tertiary/aromatic N) is 2. The largest absolute Gasteiger partial charge is 0.507 e. The number of unbranched alkanes of at least 4 members (excludes halogenated alkanes) is 12. The number of amides is 4. The van der Waals surface area contributed by atoms with Crippen molar-refractivity contribution < 1.29 is 54.0 Å². The van der Waals surface area contributed by atoms with Gasteiger partial charge in [0, 0.05) is 62.7 Å². The number of phenolic OH excluding ortho intramolecular Hbond substituents is 2. The molecule has 6 atom stereocenters. The van der Waals surface area contributed by atoms with Gasteiger partial charge in [-0.1, -0.05) is 117 Å². The number of ketones is 2. The first-order valence-electron chi connectivity index (χ1n) is 23.1. The fourth-order valence-corrected chi connectivity index (χ4v) is 8.20. The molecule has 1 aliphatic rings. The monoisotopic (exact) mass is 909 g/mol. The van der Waals surface area contributed by atoms with Crippen LogP contribution in [-0.4, -0.2) is 110 Å². The highest BCUT2D eigenvalue weighted by Crippen LogP contribution is 2.39. The molecule has 0 aromatic heterocycles. The fraction of sp³-hybridized carbons (Fsp3) is 0.620. The van der Waals surface area contributed by atoms with Gasteiger partial charge in [0.1, 0.15) is 29.6 Å². The van der Waals surface area contributed by atoms with E-state index < -0.39 is 84.3 Å². The van der Waals surface area contributed by atoms with E-state index >= 15 is 0 Å². The van der Waals surface area contributed by atoms with Crippen LogP contribution in [0.3, 0.4) is 0 Å². The molecule has 15 heteroatoms. The summed E-state index contributed by atoms with van der Waals surface area (Å²) in [4.78, 5) is 95.5. The molecule has 0 fully saturated rings. The molecule has 4 amide bonds. The van der Waals surface area contributed by atoms with Crippen LogP contribution in [-0.2, 0) is 40.0 Å². The number of benzene rings is 2. The minimum Gasteiger partial charge on any atom is -0.507 e. The van der Waals surface area contributed by atoms with Crippen molar-refractivity contribution in [3.63, 3.8) is 0 Å². The Balaban J connectivity index is 0.0000145. The molecule has 362 valence electrons. The molecule has 0 saturated carbocycles. The Morgan fingerprint density at radius 3 is 1.89 bits per heavy atom. The highest BCUT2D eigenvalue weighted by Gasteiger charge is 2.36. The molecule has 4 bridgehead atoms. The second kappa shape index (κ2) is 27.9. The number of aromatic hydroxyl groups is 2. The van der Waals surface area contributed by atoms with Gasteiger partial charge in [0.2, 0.25) is 23.6 Å². The smallest absolute Gasteiger partial charge is 0.326 e. The van der Waals surface area contributed by atoms with Crippen LogP contribution in [0.2, 0.25) is 0 Å². The lowest BCUT2D eigenvalue weighted by Crippen LogP contribution is -2.53. The third kappa shape index (κ3) is 16.9. The number of likely N-dealkylation sites (N-methyl/N-ethyl adjacent to an activating group) is 2. The second-order valence-electron chi connectivity index (χ2n) is 17.7. The van der Waals surface area contributed by atoms with Crippen LogP contribution >= 0.6 is 0 Å². The first-order valence-corrected chi connectivity index (χ1v) is 23.1. The van der Waals surface area contributed by atoms with E-state index in [2.05, 4.69) is 17.6 Å². The number of aliphatic hydroxyl groups excluding tert-OH is 1. The lowest BCUT2D eigenvalue weighted by Gasteiger charge is -2.31. The SMILES string of the molecule is C.CCCCCCCCCCCCCCCC(=O)N(C)[C@H](CO)C(=O)N[C@H](C)C(=O)C[C@@H](C)C(=O)N(C)[C@@H]1C(=O)C[C@@H](C)C(=O)N[C@H](C(=O)O)Cc2ccc(O)c(c2)-c2cc1ccc2O. The molecule has 1 heterocycles. The standard InChI is InChI=1S/C49H72N4O11.CH4/c1-7-8-9-10-11-12-13-14-15-16-17-18-19-20-44(59)52(5)39(30-54)47(61)50-33(4)42(57)26-32(3)48(62)53(6)45-35-22-24-41(56)37(29-35)36-27-34(21-23-40(36)55)28-38(49(63)64)51-46(60)31(2)25-43(45)58;/h21-24,27,29,31-33,38-39,45,54-56H,7-20,25-26,28,30H2,1-6H3,(H,50,61)(H,51,60)(H,63,64);1H4/t31-,32-,33-,38+,39-,45+;/m1./s1. The molecule has 0 spiro atoms. The van der Waals surface area contributed by atoms with Gasteiger partial charge in [-0.15, -0.1) is 0 Å². The number of aliphatic carboxylic acids is 1. The summed E-state index contributed by atoms with van der Waals surface area (Å²) >= 11 is 0. The molecule has 0 saturated heterocycles. The molecule has 65 heavy (non-hydrogen) atoms. The first kappa shape index (κ1) is 55.8. The minimum absolute atomic E-state index is 0. The number of carboxylic acid groups (broad SMARTS) is 1. The Labute approximate surface area is 385 Å². The Bertz CT molecular complexity index is 1920. The zero-order chi connectivity index (χ0) is 47.5. The number of hydrogen-bond donors (Lipinski definition) is 6. The Morgan fingerprint density at radius 1 is 0.800 bits per heavy atom. The van der Waals surface area contributed by atoms with Crippen molar-refractivity contribution in [1.82, 2.24) is 20.4 Å². The quantitative estimate of drug-likeness (QED) is 0.0586. The summed E-state index contributed by atoms with van der Waals surface area (Å²) in [5, 5.41) is 46.8. The number of carbonyl (C=O) groups is 7. The highest BCUT2D eigenvalue weighted by atomic mass is 16.4. The van der Waals surface area contributed by atoms with E-state index in [1.165, 1.54) is 134 Å². The molecule has 2 aromatic rings. The molecule has 3 rings (SSSR count). The van der Waals surface area contributed by atoms with Gasteiger partial charge in [0.15, 0.2) is 11.6 Å². The Hall–Kier alpha value is -5.31. The van der Waals surface area contributed by atoms with Crippen molar-refractivity contribution in [2.45, 2.75) is 168 Å². The van der Waals surface area contributed by atoms with Crippen LogP contribution in [0.25, 0.3) is 11.1 Å². The van der Waals surface area contributed by atoms with Crippen LogP contribution in [0.5, 0.6) is 11.5 Å². The Kier molecular flexibility index (Phi) is 23.9. The van der Waals surface area contributed by atoms with E-state index in [4.69, 9.17) is 0 Å². The number of Topliss-reactive ketones (excluding diaryl/α,β-unsaturated/α-hetero) is 2. The minimum atomic E-state index is -1.37.